The van der Waals surface area contributed by atoms with Crippen molar-refractivity contribution in [1.82, 2.24) is 9.55 Å². The van der Waals surface area contributed by atoms with Crippen LogP contribution in [0.4, 0.5) is 5.69 Å². The number of carbonyl (C=O) groups is 2. The van der Waals surface area contributed by atoms with E-state index in [1.165, 1.54) is 11.1 Å². The molecule has 208 valence electrons. The van der Waals surface area contributed by atoms with E-state index in [1.54, 1.807) is 4.57 Å². The second-order valence-corrected chi connectivity index (χ2v) is 12.1. The lowest BCUT2D eigenvalue weighted by Crippen LogP contribution is -2.32. The predicted octanol–water partition coefficient (Wildman–Crippen LogP) is 4.80. The van der Waals surface area contributed by atoms with Gasteiger partial charge in [-0.15, -0.1) is 0 Å². The number of hydrogen-bond acceptors (Lipinski definition) is 7. The number of benzene rings is 1. The van der Waals surface area contributed by atoms with Crippen molar-refractivity contribution < 1.29 is 19.1 Å². The summed E-state index contributed by atoms with van der Waals surface area (Å²) in [6.07, 6.45) is 3.38. The molecule has 0 saturated carbocycles. The maximum atomic E-state index is 13.6. The minimum absolute atomic E-state index is 0.0246. The Morgan fingerprint density at radius 3 is 2.65 bits per heavy atom. The Hall–Kier alpha value is -3.94. The fourth-order valence-electron chi connectivity index (χ4n) is 6.47. The van der Waals surface area contributed by atoms with Crippen LogP contribution >= 0.6 is 0 Å². The minimum atomic E-state index is -0.576. The fraction of sp³-hybridized carbons (Fsp3) is 0.438. The van der Waals surface area contributed by atoms with Gasteiger partial charge in [0.05, 0.1) is 34.9 Å². The number of hydrogen-bond donors (Lipinski definition) is 0. The van der Waals surface area contributed by atoms with E-state index in [1.807, 2.05) is 46.9 Å². The molecule has 2 aromatic heterocycles. The molecular weight excluding hydrogens is 506 g/mol. The molecule has 0 amide bonds. The molecule has 4 heterocycles. The molecule has 6 rings (SSSR count). The lowest BCUT2D eigenvalue weighted by atomic mass is 9.85. The average molecular weight is 542 g/mol. The molecule has 0 saturated heterocycles. The molecule has 40 heavy (non-hydrogen) atoms. The summed E-state index contributed by atoms with van der Waals surface area (Å²) in [6, 6.07) is 6.09. The molecule has 3 aromatic rings. The molecule has 0 bridgehead atoms. The van der Waals surface area contributed by atoms with Crippen molar-refractivity contribution in [3.63, 3.8) is 0 Å². The number of aromatic nitrogens is 2. The minimum Gasteiger partial charge on any atom is -0.460 e. The Labute approximate surface area is 233 Å². The highest BCUT2D eigenvalue weighted by molar-refractivity contribution is 5.95. The van der Waals surface area contributed by atoms with Crippen LogP contribution in [0.5, 0.6) is 0 Å². The lowest BCUT2D eigenvalue weighted by Gasteiger charge is -2.28. The number of cyclic esters (lactones) is 1. The van der Waals surface area contributed by atoms with Crippen LogP contribution in [0.15, 0.2) is 35.1 Å². The normalized spacial score (nSPS) is 17.1. The third-order valence-electron chi connectivity index (χ3n) is 8.25. The summed E-state index contributed by atoms with van der Waals surface area (Å²) in [4.78, 5) is 45.8. The van der Waals surface area contributed by atoms with Crippen molar-refractivity contribution in [2.45, 2.75) is 78.0 Å². The summed E-state index contributed by atoms with van der Waals surface area (Å²) in [5, 5.41) is 1.15. The Bertz CT molecular complexity index is 1680. The molecule has 1 atom stereocenters. The smallest absolute Gasteiger partial charge is 0.335 e. The third kappa shape index (κ3) is 4.12. The number of nitrogens with zero attached hydrogens (tertiary/aromatic N) is 3. The van der Waals surface area contributed by atoms with Crippen molar-refractivity contribution in [3.8, 4) is 11.4 Å². The zero-order valence-corrected chi connectivity index (χ0v) is 23.8. The van der Waals surface area contributed by atoms with E-state index in [9.17, 15) is 14.4 Å². The first-order valence-electron chi connectivity index (χ1n) is 14.0. The van der Waals surface area contributed by atoms with Crippen LogP contribution in [0, 0.1) is 0 Å². The van der Waals surface area contributed by atoms with Gasteiger partial charge in [-0.25, -0.2) is 9.78 Å². The topological polar surface area (TPSA) is 90.7 Å². The molecule has 0 radical (unpaired) electrons. The number of pyridine rings is 2. The van der Waals surface area contributed by atoms with Gasteiger partial charge in [-0.2, -0.15) is 0 Å². The van der Waals surface area contributed by atoms with E-state index in [-0.39, 0.29) is 18.1 Å². The quantitative estimate of drug-likeness (QED) is 0.265. The van der Waals surface area contributed by atoms with E-state index >= 15 is 0 Å². The van der Waals surface area contributed by atoms with Crippen molar-refractivity contribution in [2.24, 2.45) is 0 Å². The molecule has 0 fully saturated rings. The first-order valence-corrected chi connectivity index (χ1v) is 14.0. The van der Waals surface area contributed by atoms with E-state index in [4.69, 9.17) is 14.5 Å². The van der Waals surface area contributed by atoms with Crippen molar-refractivity contribution >= 4 is 28.5 Å². The van der Waals surface area contributed by atoms with Gasteiger partial charge in [0.15, 0.2) is 0 Å². The number of carbonyl (C=O) groups excluding carboxylic acids is 2. The van der Waals surface area contributed by atoms with Gasteiger partial charge < -0.3 is 18.9 Å². The van der Waals surface area contributed by atoms with Crippen LogP contribution in [0.25, 0.3) is 22.3 Å². The molecule has 1 aliphatic carbocycles. The maximum Gasteiger partial charge on any atom is 0.335 e. The molecule has 2 aliphatic heterocycles. The highest BCUT2D eigenvalue weighted by Crippen LogP contribution is 2.43. The summed E-state index contributed by atoms with van der Waals surface area (Å²) >= 11 is 0. The molecule has 0 spiro atoms. The van der Waals surface area contributed by atoms with Crippen LogP contribution < -0.4 is 10.5 Å². The van der Waals surface area contributed by atoms with Gasteiger partial charge in [-0.3, -0.25) is 9.59 Å². The number of rotatable bonds is 5. The van der Waals surface area contributed by atoms with Crippen LogP contribution in [-0.2, 0) is 45.1 Å². The van der Waals surface area contributed by atoms with Crippen molar-refractivity contribution in [1.29, 1.82) is 0 Å². The maximum absolute atomic E-state index is 13.6. The number of aryl methyl sites for hydroxylation is 2. The number of likely N-dealkylation sites (N-methyl/N-ethyl adjacent to an activating group) is 1. The zero-order chi connectivity index (χ0) is 28.5. The molecule has 8 heteroatoms. The van der Waals surface area contributed by atoms with Gasteiger partial charge in [0.2, 0.25) is 0 Å². The van der Waals surface area contributed by atoms with E-state index in [2.05, 4.69) is 17.5 Å². The van der Waals surface area contributed by atoms with Gasteiger partial charge in [-0.1, -0.05) is 13.5 Å². The monoisotopic (exact) mass is 541 g/mol. The predicted molar refractivity (Wildman–Crippen MR) is 154 cm³/mol. The van der Waals surface area contributed by atoms with E-state index in [0.717, 1.165) is 58.4 Å². The van der Waals surface area contributed by atoms with Gasteiger partial charge in [0, 0.05) is 35.8 Å². The highest BCUT2D eigenvalue weighted by atomic mass is 16.6. The number of esters is 2. The Morgan fingerprint density at radius 2 is 1.93 bits per heavy atom. The zero-order valence-electron chi connectivity index (χ0n) is 23.8. The van der Waals surface area contributed by atoms with Crippen LogP contribution in [0.1, 0.15) is 74.3 Å². The summed E-state index contributed by atoms with van der Waals surface area (Å²) in [5.41, 5.74) is 8.20. The second kappa shape index (κ2) is 9.32. The van der Waals surface area contributed by atoms with Gasteiger partial charge in [-0.05, 0) is 81.3 Å². The third-order valence-corrected chi connectivity index (χ3v) is 8.25. The van der Waals surface area contributed by atoms with Gasteiger partial charge in [0.25, 0.3) is 5.56 Å². The molecular formula is C32H35N3O5. The van der Waals surface area contributed by atoms with E-state index < -0.39 is 17.5 Å². The molecule has 3 aliphatic rings. The standard InChI is InChI=1S/C32H35N3O5/c1-7-18-21-13-26-28-22(15-35(26)29(36)23(21)16-39-31(18)38)19-9-8-10-20-25(12-11-24(33-28)27(19)20)34(6)14-17(2)30(37)40-32(3,4)5/h11-13,18H,2,7-10,14-16H2,1,3-6H3. The Kier molecular flexibility index (Phi) is 6.13. The van der Waals surface area contributed by atoms with Gasteiger partial charge >= 0.3 is 11.9 Å². The van der Waals surface area contributed by atoms with Crippen molar-refractivity contribution in [3.05, 3.63) is 68.5 Å². The van der Waals surface area contributed by atoms with Crippen LogP contribution in [0.3, 0.4) is 0 Å². The second-order valence-electron chi connectivity index (χ2n) is 12.1. The average Bonchev–Trinajstić information content (AvgIpc) is 3.27. The van der Waals surface area contributed by atoms with Crippen LogP contribution in [-0.4, -0.2) is 40.7 Å². The summed E-state index contributed by atoms with van der Waals surface area (Å²) in [7, 11) is 1.97. The van der Waals surface area contributed by atoms with E-state index in [0.29, 0.717) is 30.6 Å². The fourth-order valence-corrected chi connectivity index (χ4v) is 6.47. The Balaban J connectivity index is 1.42. The SMILES string of the molecule is C=C(CN(C)c1ccc2nc3c(c4c2c1CCC4)Cn1c-3cc2c(c1=O)COC(=O)C2CC)C(=O)OC(C)(C)C. The molecule has 8 nitrogen and oxygen atoms in total. The largest absolute Gasteiger partial charge is 0.460 e. The number of fused-ring (bicyclic) bond motifs is 5. The molecule has 0 N–H and O–H groups in total. The lowest BCUT2D eigenvalue weighted by molar-refractivity contribution is -0.150. The first kappa shape index (κ1) is 26.3. The summed E-state index contributed by atoms with van der Waals surface area (Å²) < 4.78 is 12.7. The number of ether oxygens (including phenoxy) is 2. The molecule has 1 aromatic carbocycles. The van der Waals surface area contributed by atoms with Crippen molar-refractivity contribution in [2.75, 3.05) is 18.5 Å². The number of anilines is 1. The summed E-state index contributed by atoms with van der Waals surface area (Å²) in [6.45, 7) is 12.3. The van der Waals surface area contributed by atoms with Crippen LogP contribution in [0.2, 0.25) is 0 Å². The highest BCUT2D eigenvalue weighted by Gasteiger charge is 2.35. The first-order chi connectivity index (χ1) is 19.0. The van der Waals surface area contributed by atoms with Gasteiger partial charge in [0.1, 0.15) is 12.2 Å². The Morgan fingerprint density at radius 1 is 1.18 bits per heavy atom. The summed E-state index contributed by atoms with van der Waals surface area (Å²) in [5.74, 6) is -1.09. The molecule has 1 unspecified atom stereocenters.